The van der Waals surface area contributed by atoms with Gasteiger partial charge in [0, 0.05) is 35.2 Å². The number of amides is 1. The number of anilines is 1. The normalized spacial score (nSPS) is 18.5. The van der Waals surface area contributed by atoms with E-state index < -0.39 is 11.9 Å². The highest BCUT2D eigenvalue weighted by Crippen LogP contribution is 2.37. The first kappa shape index (κ1) is 25.3. The predicted octanol–water partition coefficient (Wildman–Crippen LogP) is 6.63. The van der Waals surface area contributed by atoms with Crippen LogP contribution in [0.1, 0.15) is 48.1 Å². The van der Waals surface area contributed by atoms with Gasteiger partial charge in [0.05, 0.1) is 11.9 Å². The molecule has 35 heavy (non-hydrogen) atoms. The number of rotatable bonds is 5. The first-order valence-corrected chi connectivity index (χ1v) is 12.2. The van der Waals surface area contributed by atoms with Gasteiger partial charge in [0.2, 0.25) is 5.91 Å². The number of hydrogen-bond acceptors (Lipinski definition) is 3. The molecule has 3 aromatic rings. The smallest absolute Gasteiger partial charge is 0.371 e. The maximum Gasteiger partial charge on any atom is 0.433 e. The van der Waals surface area contributed by atoms with Crippen molar-refractivity contribution in [2.24, 2.45) is 0 Å². The number of fused-ring (bicyclic) bond motifs is 1. The molecule has 8 heteroatoms. The highest BCUT2D eigenvalue weighted by molar-refractivity contribution is 6.31. The van der Waals surface area contributed by atoms with Crippen LogP contribution in [0.3, 0.4) is 0 Å². The second-order valence-electron chi connectivity index (χ2n) is 9.41. The SMILES string of the molecule is Cc1cccc(CC(=O)N[C@H]2CC[C@@H](N(C)c3cc(C(F)(F)F)nc4ccc(Cl)cc34)CC2)c1C. The zero-order valence-electron chi connectivity index (χ0n) is 20.0. The third kappa shape index (κ3) is 5.72. The van der Waals surface area contributed by atoms with Crippen molar-refractivity contribution in [3.63, 3.8) is 0 Å². The number of hydrogen-bond donors (Lipinski definition) is 1. The fourth-order valence-electron chi connectivity index (χ4n) is 4.88. The Morgan fingerprint density at radius 1 is 1.11 bits per heavy atom. The second-order valence-corrected chi connectivity index (χ2v) is 9.84. The Kier molecular flexibility index (Phi) is 7.27. The van der Waals surface area contributed by atoms with E-state index in [-0.39, 0.29) is 23.5 Å². The third-order valence-corrected chi connectivity index (χ3v) is 7.33. The zero-order valence-corrected chi connectivity index (χ0v) is 20.8. The number of aromatic nitrogens is 1. The van der Waals surface area contributed by atoms with Gasteiger partial charge in [-0.1, -0.05) is 29.8 Å². The van der Waals surface area contributed by atoms with Crippen molar-refractivity contribution in [2.45, 2.75) is 64.2 Å². The molecule has 0 aliphatic heterocycles. The number of benzene rings is 2. The van der Waals surface area contributed by atoms with Crippen LogP contribution in [0.25, 0.3) is 10.9 Å². The Morgan fingerprint density at radius 2 is 1.83 bits per heavy atom. The van der Waals surface area contributed by atoms with E-state index >= 15 is 0 Å². The molecule has 2 aromatic carbocycles. The molecule has 1 saturated carbocycles. The Labute approximate surface area is 208 Å². The Bertz CT molecular complexity index is 1240. The van der Waals surface area contributed by atoms with Crippen molar-refractivity contribution in [1.29, 1.82) is 0 Å². The number of nitrogens with zero attached hydrogens (tertiary/aromatic N) is 2. The summed E-state index contributed by atoms with van der Waals surface area (Å²) in [4.78, 5) is 18.4. The van der Waals surface area contributed by atoms with E-state index in [1.165, 1.54) is 6.07 Å². The fraction of sp³-hybridized carbons (Fsp3) is 0.407. The first-order chi connectivity index (χ1) is 16.5. The van der Waals surface area contributed by atoms with Crippen molar-refractivity contribution in [1.82, 2.24) is 10.3 Å². The van der Waals surface area contributed by atoms with Crippen LogP contribution in [0, 0.1) is 13.8 Å². The standard InChI is InChI=1S/C27H29ClF3N3O/c1-16-5-4-6-18(17(16)2)13-26(35)32-20-8-10-21(11-9-20)34(3)24-15-25(27(29,30)31)33-23-12-7-19(28)14-22(23)24/h4-7,12,14-15,20-21H,8-11,13H2,1-3H3,(H,32,35)/t20-,21+. The fourth-order valence-corrected chi connectivity index (χ4v) is 5.05. The number of carbonyl (C=O) groups is 1. The van der Waals surface area contributed by atoms with Crippen LogP contribution in [0.15, 0.2) is 42.5 Å². The van der Waals surface area contributed by atoms with E-state index in [0.717, 1.165) is 48.4 Å². The van der Waals surface area contributed by atoms with Gasteiger partial charge in [-0.25, -0.2) is 4.98 Å². The number of aryl methyl sites for hydroxylation is 1. The summed E-state index contributed by atoms with van der Waals surface area (Å²) in [5.74, 6) is 0.0000864. The molecule has 0 radical (unpaired) electrons. The molecule has 0 spiro atoms. The van der Waals surface area contributed by atoms with Crippen LogP contribution < -0.4 is 10.2 Å². The Morgan fingerprint density at radius 3 is 2.51 bits per heavy atom. The molecule has 0 unspecified atom stereocenters. The van der Waals surface area contributed by atoms with Gasteiger partial charge in [-0.3, -0.25) is 4.79 Å². The highest BCUT2D eigenvalue weighted by Gasteiger charge is 2.34. The van der Waals surface area contributed by atoms with E-state index in [4.69, 9.17) is 11.6 Å². The van der Waals surface area contributed by atoms with E-state index in [1.807, 2.05) is 44.0 Å². The first-order valence-electron chi connectivity index (χ1n) is 11.8. The minimum atomic E-state index is -4.54. The molecule has 0 bridgehead atoms. The summed E-state index contributed by atoms with van der Waals surface area (Å²) in [7, 11) is 1.82. The molecule has 1 aromatic heterocycles. The van der Waals surface area contributed by atoms with Gasteiger partial charge in [0.15, 0.2) is 0 Å². The van der Waals surface area contributed by atoms with Gasteiger partial charge in [-0.05, 0) is 80.5 Å². The van der Waals surface area contributed by atoms with Crippen molar-refractivity contribution < 1.29 is 18.0 Å². The summed E-state index contributed by atoms with van der Waals surface area (Å²) >= 11 is 6.15. The lowest BCUT2D eigenvalue weighted by atomic mass is 9.89. The molecular formula is C27H29ClF3N3O. The quantitative estimate of drug-likeness (QED) is 0.425. The van der Waals surface area contributed by atoms with Crippen molar-refractivity contribution in [3.8, 4) is 0 Å². The Balaban J connectivity index is 1.44. The summed E-state index contributed by atoms with van der Waals surface area (Å²) in [5.41, 5.74) is 3.14. The van der Waals surface area contributed by atoms with Crippen molar-refractivity contribution >= 4 is 34.1 Å². The molecule has 1 amide bonds. The lowest BCUT2D eigenvalue weighted by molar-refractivity contribution is -0.140. The molecule has 1 heterocycles. The maximum atomic E-state index is 13.5. The molecule has 1 N–H and O–H groups in total. The van der Waals surface area contributed by atoms with Crippen LogP contribution in [0.2, 0.25) is 5.02 Å². The summed E-state index contributed by atoms with van der Waals surface area (Å²) in [6.07, 6.45) is -1.14. The number of nitrogens with one attached hydrogen (secondary N) is 1. The topological polar surface area (TPSA) is 45.2 Å². The largest absolute Gasteiger partial charge is 0.433 e. The molecule has 1 fully saturated rings. The van der Waals surface area contributed by atoms with Gasteiger partial charge >= 0.3 is 6.18 Å². The van der Waals surface area contributed by atoms with E-state index in [2.05, 4.69) is 10.3 Å². The van der Waals surface area contributed by atoms with Crippen molar-refractivity contribution in [2.75, 3.05) is 11.9 Å². The maximum absolute atomic E-state index is 13.5. The molecule has 1 aliphatic rings. The minimum absolute atomic E-state index is 0.0000864. The molecule has 0 saturated heterocycles. The highest BCUT2D eigenvalue weighted by atomic mass is 35.5. The lowest BCUT2D eigenvalue weighted by Crippen LogP contribution is -2.43. The van der Waals surface area contributed by atoms with Gasteiger partial charge in [-0.15, -0.1) is 0 Å². The average molecular weight is 504 g/mol. The zero-order chi connectivity index (χ0) is 25.3. The monoisotopic (exact) mass is 503 g/mol. The van der Waals surface area contributed by atoms with Crippen LogP contribution in [-0.4, -0.2) is 30.0 Å². The van der Waals surface area contributed by atoms with Crippen LogP contribution in [0.4, 0.5) is 18.9 Å². The number of halogens is 4. The molecular weight excluding hydrogens is 475 g/mol. The van der Waals surface area contributed by atoms with Crippen LogP contribution in [-0.2, 0) is 17.4 Å². The third-order valence-electron chi connectivity index (χ3n) is 7.10. The second kappa shape index (κ2) is 10.1. The number of carbonyl (C=O) groups excluding carboxylic acids is 1. The summed E-state index contributed by atoms with van der Waals surface area (Å²) < 4.78 is 40.5. The average Bonchev–Trinajstić information content (AvgIpc) is 2.81. The summed E-state index contributed by atoms with van der Waals surface area (Å²) in [6, 6.07) is 11.9. The van der Waals surface area contributed by atoms with Gasteiger partial charge in [0.25, 0.3) is 0 Å². The Hall–Kier alpha value is -2.80. The molecule has 0 atom stereocenters. The number of pyridine rings is 1. The molecule has 4 nitrogen and oxygen atoms in total. The molecule has 4 rings (SSSR count). The number of alkyl halides is 3. The van der Waals surface area contributed by atoms with E-state index in [1.54, 1.807) is 12.1 Å². The van der Waals surface area contributed by atoms with E-state index in [0.29, 0.717) is 22.5 Å². The molecule has 186 valence electrons. The van der Waals surface area contributed by atoms with Gasteiger partial charge < -0.3 is 10.2 Å². The lowest BCUT2D eigenvalue weighted by Gasteiger charge is -2.37. The minimum Gasteiger partial charge on any atom is -0.371 e. The van der Waals surface area contributed by atoms with Crippen LogP contribution >= 0.6 is 11.6 Å². The summed E-state index contributed by atoms with van der Waals surface area (Å²) in [5, 5.41) is 4.19. The van der Waals surface area contributed by atoms with Gasteiger partial charge in [0.1, 0.15) is 5.69 Å². The summed E-state index contributed by atoms with van der Waals surface area (Å²) in [6.45, 7) is 4.06. The van der Waals surface area contributed by atoms with Crippen LogP contribution in [0.5, 0.6) is 0 Å². The predicted molar refractivity (Wildman–Crippen MR) is 134 cm³/mol. The van der Waals surface area contributed by atoms with Crippen molar-refractivity contribution in [3.05, 3.63) is 69.9 Å². The molecule has 1 aliphatic carbocycles. The van der Waals surface area contributed by atoms with Gasteiger partial charge in [-0.2, -0.15) is 13.2 Å². The van der Waals surface area contributed by atoms with E-state index in [9.17, 15) is 18.0 Å².